The van der Waals surface area contributed by atoms with Crippen molar-refractivity contribution in [3.8, 4) is 0 Å². The van der Waals surface area contributed by atoms with Crippen LogP contribution in [0.25, 0.3) is 0 Å². The van der Waals surface area contributed by atoms with Gasteiger partial charge >= 0.3 is 0 Å². The predicted octanol–water partition coefficient (Wildman–Crippen LogP) is 4.33. The lowest BCUT2D eigenvalue weighted by Crippen LogP contribution is -1.89. The highest BCUT2D eigenvalue weighted by Gasteiger charge is 1.99. The maximum Gasteiger partial charge on any atom is 0.0178 e. The van der Waals surface area contributed by atoms with Gasteiger partial charge in [0.2, 0.25) is 0 Å². The van der Waals surface area contributed by atoms with Crippen LogP contribution < -0.4 is 0 Å². The molecule has 0 heterocycles. The normalized spacial score (nSPS) is 10.3. The molecule has 0 fully saturated rings. The van der Waals surface area contributed by atoms with Crippen molar-refractivity contribution >= 4 is 28.6 Å². The van der Waals surface area contributed by atoms with E-state index in [0.29, 0.717) is 0 Å². The monoisotopic (exact) mass is 278 g/mol. The largest absolute Gasteiger partial charge is 0.143 e. The molecule has 0 aromatic heterocycles. The molecule has 0 aliphatic carbocycles. The lowest BCUT2D eigenvalue weighted by atomic mass is 10.1. The molecule has 0 unspecified atom stereocenters. The third-order valence-electron chi connectivity index (χ3n) is 2.28. The highest BCUT2D eigenvalue weighted by Crippen LogP contribution is 2.19. The Bertz CT molecular complexity index is 466. The van der Waals surface area contributed by atoms with E-state index in [1.165, 1.54) is 11.1 Å². The van der Waals surface area contributed by atoms with Crippen LogP contribution in [-0.2, 0) is 6.42 Å². The molecule has 0 aliphatic rings. The van der Waals surface area contributed by atoms with Gasteiger partial charge in [-0.25, -0.2) is 0 Å². The van der Waals surface area contributed by atoms with Crippen LogP contribution in [0.2, 0.25) is 0 Å². The van der Waals surface area contributed by atoms with Crippen molar-refractivity contribution in [2.45, 2.75) is 11.3 Å². The van der Waals surface area contributed by atoms with E-state index in [1.807, 2.05) is 24.3 Å². The van der Waals surface area contributed by atoms with Gasteiger partial charge in [-0.1, -0.05) is 46.3 Å². The van der Waals surface area contributed by atoms with Crippen molar-refractivity contribution in [1.29, 1.82) is 0 Å². The van der Waals surface area contributed by atoms with Gasteiger partial charge in [0.1, 0.15) is 0 Å². The van der Waals surface area contributed by atoms with Crippen molar-refractivity contribution in [2.24, 2.45) is 0 Å². The molecule has 0 saturated carbocycles. The second-order valence-corrected chi connectivity index (χ2v) is 4.83. The van der Waals surface area contributed by atoms with E-state index in [1.54, 1.807) is 0 Å². The Morgan fingerprint density at radius 3 is 2.53 bits per heavy atom. The third kappa shape index (κ3) is 2.86. The van der Waals surface area contributed by atoms with E-state index >= 15 is 0 Å². The zero-order chi connectivity index (χ0) is 10.7. The first-order valence-corrected chi connectivity index (χ1v) is 6.01. The summed E-state index contributed by atoms with van der Waals surface area (Å²) in [6, 6.07) is 16.6. The van der Waals surface area contributed by atoms with Crippen molar-refractivity contribution in [3.63, 3.8) is 0 Å². The average molecular weight is 279 g/mol. The minimum Gasteiger partial charge on any atom is -0.143 e. The fourth-order valence-electron chi connectivity index (χ4n) is 1.53. The van der Waals surface area contributed by atoms with Crippen LogP contribution in [-0.4, -0.2) is 0 Å². The molecule has 0 spiro atoms. The minimum absolute atomic E-state index is 0.930. The van der Waals surface area contributed by atoms with Crippen LogP contribution in [0.3, 0.4) is 0 Å². The fourth-order valence-corrected chi connectivity index (χ4v) is 2.21. The van der Waals surface area contributed by atoms with Crippen LogP contribution in [0.5, 0.6) is 0 Å². The van der Waals surface area contributed by atoms with Crippen molar-refractivity contribution in [3.05, 3.63) is 64.1 Å². The molecule has 0 nitrogen and oxygen atoms in total. The second kappa shape index (κ2) is 4.86. The van der Waals surface area contributed by atoms with Gasteiger partial charge in [0.25, 0.3) is 0 Å². The molecular weight excluding hydrogens is 268 g/mol. The number of benzene rings is 2. The fraction of sp³-hybridized carbons (Fsp3) is 0.0769. The number of hydrogen-bond donors (Lipinski definition) is 1. The molecule has 2 heteroatoms. The van der Waals surface area contributed by atoms with Gasteiger partial charge < -0.3 is 0 Å². The molecule has 76 valence electrons. The van der Waals surface area contributed by atoms with Gasteiger partial charge in [-0.05, 0) is 35.7 Å². The predicted molar refractivity (Wildman–Crippen MR) is 70.6 cm³/mol. The first kappa shape index (κ1) is 10.8. The minimum atomic E-state index is 0.930. The average Bonchev–Trinajstić information content (AvgIpc) is 2.22. The first-order chi connectivity index (χ1) is 7.25. The summed E-state index contributed by atoms with van der Waals surface area (Å²) in [6.07, 6.45) is 0.930. The van der Waals surface area contributed by atoms with Crippen LogP contribution in [0, 0.1) is 0 Å². The number of halogens is 1. The number of rotatable bonds is 2. The molecule has 0 bridgehead atoms. The highest BCUT2D eigenvalue weighted by molar-refractivity contribution is 9.10. The zero-order valence-electron chi connectivity index (χ0n) is 8.15. The Morgan fingerprint density at radius 1 is 1.00 bits per heavy atom. The van der Waals surface area contributed by atoms with Crippen LogP contribution in [0.1, 0.15) is 11.1 Å². The molecular formula is C13H11BrS. The summed E-state index contributed by atoms with van der Waals surface area (Å²) in [5.41, 5.74) is 2.56. The smallest absolute Gasteiger partial charge is 0.0178 e. The van der Waals surface area contributed by atoms with Gasteiger partial charge in [-0.15, -0.1) is 12.6 Å². The third-order valence-corrected chi connectivity index (χ3v) is 3.20. The quantitative estimate of drug-likeness (QED) is 0.777. The Morgan fingerprint density at radius 2 is 1.80 bits per heavy atom. The molecule has 2 aromatic rings. The molecule has 0 saturated heterocycles. The van der Waals surface area contributed by atoms with Crippen LogP contribution >= 0.6 is 28.6 Å². The molecule has 2 rings (SSSR count). The van der Waals surface area contributed by atoms with E-state index in [0.717, 1.165) is 15.8 Å². The summed E-state index contributed by atoms with van der Waals surface area (Å²) in [6.45, 7) is 0. The van der Waals surface area contributed by atoms with E-state index in [4.69, 9.17) is 0 Å². The zero-order valence-corrected chi connectivity index (χ0v) is 10.6. The van der Waals surface area contributed by atoms with Gasteiger partial charge in [-0.3, -0.25) is 0 Å². The van der Waals surface area contributed by atoms with Crippen molar-refractivity contribution < 1.29 is 0 Å². The van der Waals surface area contributed by atoms with E-state index in [9.17, 15) is 0 Å². The van der Waals surface area contributed by atoms with Gasteiger partial charge in [-0.2, -0.15) is 0 Å². The maximum atomic E-state index is 4.44. The topological polar surface area (TPSA) is 0 Å². The number of hydrogen-bond acceptors (Lipinski definition) is 1. The molecule has 0 atom stereocenters. The maximum absolute atomic E-state index is 4.44. The van der Waals surface area contributed by atoms with Crippen molar-refractivity contribution in [1.82, 2.24) is 0 Å². The second-order valence-electron chi connectivity index (χ2n) is 3.44. The lowest BCUT2D eigenvalue weighted by Gasteiger charge is -2.05. The van der Waals surface area contributed by atoms with E-state index in [2.05, 4.69) is 52.8 Å². The lowest BCUT2D eigenvalue weighted by molar-refractivity contribution is 1.13. The molecule has 15 heavy (non-hydrogen) atoms. The van der Waals surface area contributed by atoms with Gasteiger partial charge in [0.05, 0.1) is 0 Å². The Hall–Kier alpha value is -0.730. The number of thiol groups is 1. The summed E-state index contributed by atoms with van der Waals surface area (Å²) in [4.78, 5) is 1.05. The first-order valence-electron chi connectivity index (χ1n) is 4.77. The Balaban J connectivity index is 2.26. The molecule has 0 N–H and O–H groups in total. The van der Waals surface area contributed by atoms with Gasteiger partial charge in [0, 0.05) is 9.37 Å². The van der Waals surface area contributed by atoms with Crippen molar-refractivity contribution in [2.75, 3.05) is 0 Å². The van der Waals surface area contributed by atoms with Gasteiger partial charge in [0.15, 0.2) is 0 Å². The summed E-state index contributed by atoms with van der Waals surface area (Å²) >= 11 is 7.92. The summed E-state index contributed by atoms with van der Waals surface area (Å²) in [5, 5.41) is 0. The molecule has 0 radical (unpaired) electrons. The Labute approximate surface area is 104 Å². The summed E-state index contributed by atoms with van der Waals surface area (Å²) < 4.78 is 1.12. The molecule has 0 aliphatic heterocycles. The SMILES string of the molecule is Sc1ccccc1Cc1cccc(Br)c1. The van der Waals surface area contributed by atoms with Crippen LogP contribution in [0.4, 0.5) is 0 Å². The summed E-state index contributed by atoms with van der Waals surface area (Å²) in [5.74, 6) is 0. The summed E-state index contributed by atoms with van der Waals surface area (Å²) in [7, 11) is 0. The van der Waals surface area contributed by atoms with E-state index < -0.39 is 0 Å². The molecule has 2 aromatic carbocycles. The standard InChI is InChI=1S/C13H11BrS/c14-12-6-3-4-10(9-12)8-11-5-1-2-7-13(11)15/h1-7,9,15H,8H2. The highest BCUT2D eigenvalue weighted by atomic mass is 79.9. The molecule has 0 amide bonds. The van der Waals surface area contributed by atoms with Crippen LogP contribution in [0.15, 0.2) is 57.9 Å². The Kier molecular flexibility index (Phi) is 3.49. The van der Waals surface area contributed by atoms with E-state index in [-0.39, 0.29) is 0 Å².